The minimum Gasteiger partial charge on any atom is -0.497 e. The highest BCUT2D eigenvalue weighted by Crippen LogP contribution is 2.33. The highest BCUT2D eigenvalue weighted by molar-refractivity contribution is 5.88. The Bertz CT molecular complexity index is 2020. The second-order valence-corrected chi connectivity index (χ2v) is 12.2. The molecule has 52 heavy (non-hydrogen) atoms. The Labute approximate surface area is 307 Å². The smallest absolute Gasteiger partial charge is 0.118 e. The van der Waals surface area contributed by atoms with Crippen molar-refractivity contribution in [1.82, 2.24) is 0 Å². The van der Waals surface area contributed by atoms with Crippen LogP contribution < -0.4 is 18.9 Å². The molecule has 0 fully saturated rings. The van der Waals surface area contributed by atoms with Crippen LogP contribution >= 0.6 is 0 Å². The summed E-state index contributed by atoms with van der Waals surface area (Å²) in [6.07, 6.45) is 4.39. The summed E-state index contributed by atoms with van der Waals surface area (Å²) in [7, 11) is 6.71. The standard InChI is InChI=1S/C48H42O4/c1-33(37-15-23-43(49-3)24-16-37)35-7-11-39(12-8-35)47(41-19-27-45(51-5)28-20-41)31-32-48(42-21-29-46(52-6)30-22-42)40-13-9-36(10-14-40)34(2)38-17-25-44(50-4)26-18-38/h7-32H,1-2H2,3-6H3/b47-31-,48-32-. The number of benzene rings is 6. The van der Waals surface area contributed by atoms with Crippen LogP contribution in [0.4, 0.5) is 0 Å². The van der Waals surface area contributed by atoms with Crippen LogP contribution in [0, 0.1) is 0 Å². The van der Waals surface area contributed by atoms with Crippen molar-refractivity contribution in [2.75, 3.05) is 28.4 Å². The molecular formula is C48H42O4. The lowest BCUT2D eigenvalue weighted by Crippen LogP contribution is -1.93. The lowest BCUT2D eigenvalue weighted by Gasteiger charge is -2.14. The Kier molecular flexibility index (Phi) is 11.2. The first-order valence-electron chi connectivity index (χ1n) is 17.0. The van der Waals surface area contributed by atoms with Crippen molar-refractivity contribution in [1.29, 1.82) is 0 Å². The molecule has 0 bridgehead atoms. The van der Waals surface area contributed by atoms with Gasteiger partial charge in [-0.15, -0.1) is 0 Å². The Morgan fingerprint density at radius 3 is 0.692 bits per heavy atom. The van der Waals surface area contributed by atoms with Gasteiger partial charge in [0.2, 0.25) is 0 Å². The summed E-state index contributed by atoms with van der Waals surface area (Å²) in [4.78, 5) is 0. The molecule has 6 aromatic carbocycles. The molecule has 0 saturated carbocycles. The average molecular weight is 683 g/mol. The molecule has 0 aliphatic heterocycles. The van der Waals surface area contributed by atoms with Gasteiger partial charge in [0.15, 0.2) is 0 Å². The van der Waals surface area contributed by atoms with Gasteiger partial charge in [-0.05, 0) is 115 Å². The third-order valence-electron chi connectivity index (χ3n) is 9.18. The van der Waals surface area contributed by atoms with E-state index in [0.29, 0.717) is 0 Å². The Hall–Kier alpha value is -6.52. The van der Waals surface area contributed by atoms with Crippen LogP contribution in [-0.2, 0) is 0 Å². The van der Waals surface area contributed by atoms with Crippen LogP contribution in [-0.4, -0.2) is 28.4 Å². The molecule has 6 rings (SSSR count). The van der Waals surface area contributed by atoms with Gasteiger partial charge in [0, 0.05) is 0 Å². The van der Waals surface area contributed by atoms with Crippen molar-refractivity contribution in [3.63, 3.8) is 0 Å². The maximum atomic E-state index is 5.48. The fourth-order valence-corrected chi connectivity index (χ4v) is 6.05. The van der Waals surface area contributed by atoms with E-state index in [2.05, 4.69) is 98.1 Å². The summed E-state index contributed by atoms with van der Waals surface area (Å²) < 4.78 is 21.6. The molecule has 0 spiro atoms. The molecule has 258 valence electrons. The normalized spacial score (nSPS) is 11.5. The SMILES string of the molecule is C=C(c1ccc(OC)cc1)c1ccc(/C(=C/C=C(\c2ccc(OC)cc2)c2ccc(C(=C)c3ccc(OC)cc3)cc2)c2ccc(OC)cc2)cc1. The molecule has 0 aliphatic carbocycles. The van der Waals surface area contributed by atoms with Crippen LogP contribution in [0.3, 0.4) is 0 Å². The minimum atomic E-state index is 0.806. The van der Waals surface area contributed by atoms with Gasteiger partial charge in [0.25, 0.3) is 0 Å². The van der Waals surface area contributed by atoms with Crippen LogP contribution in [0.1, 0.15) is 44.5 Å². The summed E-state index contributed by atoms with van der Waals surface area (Å²) in [6, 6.07) is 49.4. The second-order valence-electron chi connectivity index (χ2n) is 12.2. The predicted molar refractivity (Wildman–Crippen MR) is 215 cm³/mol. The van der Waals surface area contributed by atoms with Crippen molar-refractivity contribution in [3.8, 4) is 23.0 Å². The molecule has 0 atom stereocenters. The fourth-order valence-electron chi connectivity index (χ4n) is 6.05. The maximum absolute atomic E-state index is 5.48. The third-order valence-corrected chi connectivity index (χ3v) is 9.18. The van der Waals surface area contributed by atoms with Crippen molar-refractivity contribution >= 4 is 22.3 Å². The molecule has 0 aliphatic rings. The molecule has 0 unspecified atom stereocenters. The van der Waals surface area contributed by atoms with E-state index in [9.17, 15) is 0 Å². The third kappa shape index (κ3) is 8.09. The summed E-state index contributed by atoms with van der Waals surface area (Å²) in [5, 5.41) is 0. The molecular weight excluding hydrogens is 641 g/mol. The van der Waals surface area contributed by atoms with Crippen molar-refractivity contribution < 1.29 is 18.9 Å². The molecule has 0 amide bonds. The molecule has 0 N–H and O–H groups in total. The van der Waals surface area contributed by atoms with E-state index in [0.717, 1.165) is 89.8 Å². The van der Waals surface area contributed by atoms with E-state index >= 15 is 0 Å². The van der Waals surface area contributed by atoms with E-state index in [1.54, 1.807) is 28.4 Å². The quantitative estimate of drug-likeness (QED) is 0.114. The summed E-state index contributed by atoms with van der Waals surface area (Å²) >= 11 is 0. The van der Waals surface area contributed by atoms with Crippen LogP contribution in [0.15, 0.2) is 171 Å². The van der Waals surface area contributed by atoms with Crippen LogP contribution in [0.25, 0.3) is 22.3 Å². The molecule has 0 aromatic heterocycles. The van der Waals surface area contributed by atoms with Crippen molar-refractivity contribution in [2.24, 2.45) is 0 Å². The average Bonchev–Trinajstić information content (AvgIpc) is 3.22. The van der Waals surface area contributed by atoms with Gasteiger partial charge in [0.05, 0.1) is 28.4 Å². The van der Waals surface area contributed by atoms with Gasteiger partial charge in [-0.25, -0.2) is 0 Å². The van der Waals surface area contributed by atoms with E-state index in [1.165, 1.54) is 0 Å². The molecule has 4 heteroatoms. The van der Waals surface area contributed by atoms with Crippen LogP contribution in [0.5, 0.6) is 23.0 Å². The van der Waals surface area contributed by atoms with Gasteiger partial charge in [-0.3, -0.25) is 0 Å². The number of ether oxygens (including phenoxy) is 4. The number of hydrogen-bond acceptors (Lipinski definition) is 4. The van der Waals surface area contributed by atoms with E-state index < -0.39 is 0 Å². The number of allylic oxidation sites excluding steroid dienone is 2. The van der Waals surface area contributed by atoms with E-state index in [4.69, 9.17) is 18.9 Å². The number of methoxy groups -OCH3 is 4. The lowest BCUT2D eigenvalue weighted by molar-refractivity contribution is 0.414. The zero-order chi connectivity index (χ0) is 36.5. The monoisotopic (exact) mass is 682 g/mol. The zero-order valence-corrected chi connectivity index (χ0v) is 30.1. The minimum absolute atomic E-state index is 0.806. The second kappa shape index (κ2) is 16.5. The first-order valence-corrected chi connectivity index (χ1v) is 17.0. The summed E-state index contributed by atoms with van der Waals surface area (Å²) in [5.74, 6) is 3.25. The van der Waals surface area contributed by atoms with Gasteiger partial charge in [-0.2, -0.15) is 0 Å². The lowest BCUT2D eigenvalue weighted by atomic mass is 9.91. The largest absolute Gasteiger partial charge is 0.497 e. The molecule has 0 radical (unpaired) electrons. The Morgan fingerprint density at radius 2 is 0.481 bits per heavy atom. The van der Waals surface area contributed by atoms with Crippen molar-refractivity contribution in [2.45, 2.75) is 0 Å². The highest BCUT2D eigenvalue weighted by Gasteiger charge is 2.11. The summed E-state index contributed by atoms with van der Waals surface area (Å²) in [5.41, 5.74) is 12.5. The van der Waals surface area contributed by atoms with E-state index in [-0.39, 0.29) is 0 Å². The first kappa shape index (κ1) is 35.3. The van der Waals surface area contributed by atoms with Gasteiger partial charge in [-0.1, -0.05) is 122 Å². The predicted octanol–water partition coefficient (Wildman–Crippen LogP) is 11.4. The van der Waals surface area contributed by atoms with Crippen LogP contribution in [0.2, 0.25) is 0 Å². The fraction of sp³-hybridized carbons (Fsp3) is 0.0833. The zero-order valence-electron chi connectivity index (χ0n) is 30.1. The highest BCUT2D eigenvalue weighted by atomic mass is 16.5. The molecule has 4 nitrogen and oxygen atoms in total. The van der Waals surface area contributed by atoms with E-state index in [1.807, 2.05) is 72.8 Å². The topological polar surface area (TPSA) is 36.9 Å². The molecule has 0 heterocycles. The van der Waals surface area contributed by atoms with Gasteiger partial charge in [0.1, 0.15) is 23.0 Å². The Morgan fingerprint density at radius 1 is 0.308 bits per heavy atom. The van der Waals surface area contributed by atoms with Gasteiger partial charge >= 0.3 is 0 Å². The van der Waals surface area contributed by atoms with Gasteiger partial charge < -0.3 is 18.9 Å². The summed E-state index contributed by atoms with van der Waals surface area (Å²) in [6.45, 7) is 8.77. The number of hydrogen-bond donors (Lipinski definition) is 0. The molecule has 6 aromatic rings. The van der Waals surface area contributed by atoms with Crippen molar-refractivity contribution in [3.05, 3.63) is 215 Å². The molecule has 0 saturated heterocycles. The number of rotatable bonds is 13. The Balaban J connectivity index is 1.39. The maximum Gasteiger partial charge on any atom is 0.118 e. The first-order chi connectivity index (χ1) is 25.4.